The van der Waals surface area contributed by atoms with Crippen molar-refractivity contribution in [3.8, 4) is 11.8 Å². The molecular formula is C22H13Cl3N2O4S. The van der Waals surface area contributed by atoms with Crippen LogP contribution in [0.3, 0.4) is 0 Å². The van der Waals surface area contributed by atoms with E-state index in [0.717, 1.165) is 0 Å². The molecule has 0 saturated carbocycles. The molecule has 0 fully saturated rings. The molecule has 162 valence electrons. The smallest absolute Gasteiger partial charge is 0.339 e. The average molecular weight is 508 g/mol. The van der Waals surface area contributed by atoms with E-state index in [1.807, 2.05) is 0 Å². The second-order valence-corrected chi connectivity index (χ2v) is 9.09. The van der Waals surface area contributed by atoms with E-state index in [9.17, 15) is 18.5 Å². The predicted octanol–water partition coefficient (Wildman–Crippen LogP) is 5.96. The van der Waals surface area contributed by atoms with Crippen molar-refractivity contribution in [2.45, 2.75) is 4.90 Å². The highest BCUT2D eigenvalue weighted by Gasteiger charge is 2.21. The summed E-state index contributed by atoms with van der Waals surface area (Å²) < 4.78 is 30.0. The fourth-order valence-corrected chi connectivity index (χ4v) is 4.32. The summed E-state index contributed by atoms with van der Waals surface area (Å²) in [6, 6.07) is 18.3. The number of nitriles is 1. The summed E-state index contributed by atoms with van der Waals surface area (Å²) in [5.41, 5.74) is 0.524. The normalized spacial score (nSPS) is 11.5. The zero-order valence-electron chi connectivity index (χ0n) is 16.1. The van der Waals surface area contributed by atoms with Crippen molar-refractivity contribution in [1.29, 1.82) is 5.26 Å². The molecule has 0 unspecified atom stereocenters. The Morgan fingerprint density at radius 2 is 1.56 bits per heavy atom. The van der Waals surface area contributed by atoms with Gasteiger partial charge in [-0.1, -0.05) is 53.0 Å². The first-order valence-electron chi connectivity index (χ1n) is 8.87. The van der Waals surface area contributed by atoms with Crippen molar-refractivity contribution < 1.29 is 17.4 Å². The largest absolute Gasteiger partial charge is 0.376 e. The fraction of sp³-hybridized carbons (Fsp3) is 0. The van der Waals surface area contributed by atoms with Crippen LogP contribution in [0.1, 0.15) is 5.56 Å². The lowest BCUT2D eigenvalue weighted by Crippen LogP contribution is -2.13. The van der Waals surface area contributed by atoms with Crippen LogP contribution in [0.25, 0.3) is 6.08 Å². The Morgan fingerprint density at radius 3 is 2.12 bits per heavy atom. The molecule has 6 nitrogen and oxygen atoms in total. The van der Waals surface area contributed by atoms with Gasteiger partial charge in [-0.3, -0.25) is 4.79 Å². The van der Waals surface area contributed by atoms with Crippen LogP contribution in [-0.2, 0) is 14.9 Å². The minimum Gasteiger partial charge on any atom is -0.376 e. The molecule has 0 radical (unpaired) electrons. The molecular weight excluding hydrogens is 495 g/mol. The van der Waals surface area contributed by atoms with Crippen LogP contribution >= 0.6 is 34.8 Å². The minimum absolute atomic E-state index is 0.0678. The van der Waals surface area contributed by atoms with E-state index < -0.39 is 16.0 Å². The molecule has 32 heavy (non-hydrogen) atoms. The van der Waals surface area contributed by atoms with Gasteiger partial charge in [-0.2, -0.15) is 13.7 Å². The monoisotopic (exact) mass is 506 g/mol. The molecule has 3 aromatic rings. The molecule has 10 heteroatoms. The zero-order valence-corrected chi connectivity index (χ0v) is 19.1. The second kappa shape index (κ2) is 10.1. The van der Waals surface area contributed by atoms with Crippen molar-refractivity contribution in [2.24, 2.45) is 0 Å². The maximum Gasteiger partial charge on any atom is 0.339 e. The Hall–Kier alpha value is -3.02. The quantitative estimate of drug-likeness (QED) is 0.252. The van der Waals surface area contributed by atoms with Gasteiger partial charge < -0.3 is 9.50 Å². The van der Waals surface area contributed by atoms with Crippen molar-refractivity contribution in [2.75, 3.05) is 5.32 Å². The van der Waals surface area contributed by atoms with Gasteiger partial charge in [0.1, 0.15) is 16.5 Å². The SMILES string of the molecule is N#C/C(=C\c1cc(Cl)c(OS(=O)(=O)c2ccccc2)c(Cl)c1)C(=O)Nc1ccc(Cl)cc1. The molecule has 1 amide bonds. The van der Waals surface area contributed by atoms with Crippen molar-refractivity contribution >= 4 is 62.6 Å². The molecule has 0 aliphatic heterocycles. The number of carbonyl (C=O) groups excluding carboxylic acids is 1. The Bertz CT molecular complexity index is 1310. The zero-order chi connectivity index (χ0) is 23.3. The molecule has 0 aliphatic rings. The number of hydrogen-bond acceptors (Lipinski definition) is 5. The van der Waals surface area contributed by atoms with E-state index >= 15 is 0 Å². The third kappa shape index (κ3) is 5.81. The van der Waals surface area contributed by atoms with Gasteiger partial charge in [-0.25, -0.2) is 0 Å². The average Bonchev–Trinajstić information content (AvgIpc) is 2.77. The lowest BCUT2D eigenvalue weighted by molar-refractivity contribution is -0.112. The van der Waals surface area contributed by atoms with Gasteiger partial charge in [0, 0.05) is 10.7 Å². The fourth-order valence-electron chi connectivity index (χ4n) is 2.53. The molecule has 0 saturated heterocycles. The maximum atomic E-state index is 12.4. The minimum atomic E-state index is -4.16. The number of anilines is 1. The van der Waals surface area contributed by atoms with Crippen LogP contribution in [0.4, 0.5) is 5.69 Å². The van der Waals surface area contributed by atoms with Gasteiger partial charge in [-0.05, 0) is 60.2 Å². The van der Waals surface area contributed by atoms with Crippen LogP contribution in [0.2, 0.25) is 15.1 Å². The van der Waals surface area contributed by atoms with Gasteiger partial charge in [0.05, 0.1) is 10.0 Å². The van der Waals surface area contributed by atoms with Crippen molar-refractivity contribution in [3.63, 3.8) is 0 Å². The lowest BCUT2D eigenvalue weighted by atomic mass is 10.1. The van der Waals surface area contributed by atoms with E-state index in [1.165, 1.54) is 30.3 Å². The first kappa shape index (κ1) is 23.6. The standard InChI is InChI=1S/C22H13Cl3N2O4S/c23-16-6-8-17(9-7-16)27-22(28)15(13-26)10-14-11-19(24)21(20(25)12-14)31-32(29,30)18-4-2-1-3-5-18/h1-12H,(H,27,28)/b15-10+. The van der Waals surface area contributed by atoms with E-state index in [1.54, 1.807) is 48.5 Å². The molecule has 3 rings (SSSR count). The number of benzene rings is 3. The van der Waals surface area contributed by atoms with Crippen molar-refractivity contribution in [3.05, 3.63) is 92.9 Å². The molecule has 0 aliphatic carbocycles. The summed E-state index contributed by atoms with van der Waals surface area (Å²) in [6.07, 6.45) is 1.26. The highest BCUT2D eigenvalue weighted by molar-refractivity contribution is 7.87. The van der Waals surface area contributed by atoms with E-state index in [0.29, 0.717) is 16.3 Å². The number of rotatable bonds is 6. The van der Waals surface area contributed by atoms with Crippen LogP contribution < -0.4 is 9.50 Å². The van der Waals surface area contributed by atoms with Gasteiger partial charge in [-0.15, -0.1) is 0 Å². The molecule has 0 heterocycles. The topological polar surface area (TPSA) is 96.3 Å². The van der Waals surface area contributed by atoms with Gasteiger partial charge in [0.15, 0.2) is 5.75 Å². The number of nitrogens with one attached hydrogen (secondary N) is 1. The predicted molar refractivity (Wildman–Crippen MR) is 124 cm³/mol. The van der Waals surface area contributed by atoms with Crippen LogP contribution in [-0.4, -0.2) is 14.3 Å². The molecule has 3 aromatic carbocycles. The molecule has 0 spiro atoms. The molecule has 0 bridgehead atoms. The number of carbonyl (C=O) groups is 1. The van der Waals surface area contributed by atoms with Crippen LogP contribution in [0, 0.1) is 11.3 Å². The van der Waals surface area contributed by atoms with E-state index in [4.69, 9.17) is 39.0 Å². The Morgan fingerprint density at radius 1 is 0.969 bits per heavy atom. The number of hydrogen-bond donors (Lipinski definition) is 1. The van der Waals surface area contributed by atoms with Gasteiger partial charge >= 0.3 is 10.1 Å². The Balaban J connectivity index is 1.86. The van der Waals surface area contributed by atoms with Crippen molar-refractivity contribution in [1.82, 2.24) is 0 Å². The third-order valence-electron chi connectivity index (χ3n) is 4.02. The van der Waals surface area contributed by atoms with E-state index in [-0.39, 0.29) is 26.3 Å². The highest BCUT2D eigenvalue weighted by Crippen LogP contribution is 2.36. The molecule has 0 aromatic heterocycles. The molecule has 1 N–H and O–H groups in total. The number of halogens is 3. The second-order valence-electron chi connectivity index (χ2n) is 6.30. The highest BCUT2D eigenvalue weighted by atomic mass is 35.5. The summed E-state index contributed by atoms with van der Waals surface area (Å²) in [4.78, 5) is 12.3. The first-order valence-corrected chi connectivity index (χ1v) is 11.4. The summed E-state index contributed by atoms with van der Waals surface area (Å²) in [7, 11) is -4.16. The first-order chi connectivity index (χ1) is 15.2. The summed E-state index contributed by atoms with van der Waals surface area (Å²) in [5.74, 6) is -0.924. The summed E-state index contributed by atoms with van der Waals surface area (Å²) in [5, 5.41) is 12.2. The Kier molecular flexibility index (Phi) is 7.44. The van der Waals surface area contributed by atoms with Crippen LogP contribution in [0.5, 0.6) is 5.75 Å². The summed E-state index contributed by atoms with van der Waals surface area (Å²) in [6.45, 7) is 0. The van der Waals surface area contributed by atoms with Gasteiger partial charge in [0.25, 0.3) is 5.91 Å². The van der Waals surface area contributed by atoms with Gasteiger partial charge in [0.2, 0.25) is 0 Å². The third-order valence-corrected chi connectivity index (χ3v) is 6.07. The van der Waals surface area contributed by atoms with E-state index in [2.05, 4.69) is 5.32 Å². The number of nitrogens with zero attached hydrogens (tertiary/aromatic N) is 1. The maximum absolute atomic E-state index is 12.4. The summed E-state index contributed by atoms with van der Waals surface area (Å²) >= 11 is 18.2. The lowest BCUT2D eigenvalue weighted by Gasteiger charge is -2.11. The Labute approximate surface area is 199 Å². The number of amides is 1. The molecule has 0 atom stereocenters. The van der Waals surface area contributed by atoms with Crippen LogP contribution in [0.15, 0.2) is 77.2 Å².